The maximum atomic E-state index is 10.5. The van der Waals surface area contributed by atoms with E-state index < -0.39 is 0 Å². The van der Waals surface area contributed by atoms with E-state index in [9.17, 15) is 5.11 Å². The summed E-state index contributed by atoms with van der Waals surface area (Å²) in [7, 11) is 0. The predicted octanol–water partition coefficient (Wildman–Crippen LogP) is 4.78. The Labute approximate surface area is 124 Å². The second-order valence-corrected chi connectivity index (χ2v) is 9.11. The molecule has 0 spiro atoms. The van der Waals surface area contributed by atoms with Crippen LogP contribution in [0.1, 0.15) is 78.1 Å². The summed E-state index contributed by atoms with van der Waals surface area (Å²) in [5, 5.41) is 10.5. The van der Waals surface area contributed by atoms with Gasteiger partial charge in [0, 0.05) is 0 Å². The van der Waals surface area contributed by atoms with Crippen molar-refractivity contribution >= 4 is 0 Å². The van der Waals surface area contributed by atoms with Crippen molar-refractivity contribution in [2.45, 2.75) is 84.2 Å². The minimum atomic E-state index is 0.00610. The lowest BCUT2D eigenvalue weighted by Gasteiger charge is -2.60. The summed E-state index contributed by atoms with van der Waals surface area (Å²) in [5.74, 6) is 3.54. The Morgan fingerprint density at radius 1 is 0.750 bits per heavy atom. The maximum absolute atomic E-state index is 10.5. The van der Waals surface area contributed by atoms with Crippen LogP contribution < -0.4 is 0 Å². The first-order chi connectivity index (χ1) is 9.55. The van der Waals surface area contributed by atoms with Crippen LogP contribution in [0.4, 0.5) is 0 Å². The summed E-state index contributed by atoms with van der Waals surface area (Å²) in [6, 6.07) is 0. The third-order valence-electron chi connectivity index (χ3n) is 8.40. The highest BCUT2D eigenvalue weighted by molar-refractivity contribution is 5.07. The van der Waals surface area contributed by atoms with Gasteiger partial charge in [0.25, 0.3) is 0 Å². The number of hydrogen-bond acceptors (Lipinski definition) is 1. The average molecular weight is 276 g/mol. The summed E-state index contributed by atoms with van der Waals surface area (Å²) in [4.78, 5) is 0. The van der Waals surface area contributed by atoms with E-state index in [2.05, 4.69) is 13.8 Å². The van der Waals surface area contributed by atoms with Gasteiger partial charge in [-0.1, -0.05) is 26.7 Å². The monoisotopic (exact) mass is 276 g/mol. The van der Waals surface area contributed by atoms with E-state index in [0.29, 0.717) is 16.7 Å². The zero-order chi connectivity index (χ0) is 14.0. The van der Waals surface area contributed by atoms with Crippen molar-refractivity contribution in [2.24, 2.45) is 34.5 Å². The summed E-state index contributed by atoms with van der Waals surface area (Å²) in [5.41, 5.74) is 1.14. The molecule has 20 heavy (non-hydrogen) atoms. The number of fused-ring (bicyclic) bond motifs is 5. The molecule has 4 aliphatic rings. The molecule has 0 saturated heterocycles. The van der Waals surface area contributed by atoms with Crippen LogP contribution in [0, 0.1) is 34.5 Å². The van der Waals surface area contributed by atoms with Crippen molar-refractivity contribution in [3.63, 3.8) is 0 Å². The first-order valence-corrected chi connectivity index (χ1v) is 9.23. The summed E-state index contributed by atoms with van der Waals surface area (Å²) < 4.78 is 0. The molecule has 0 amide bonds. The second kappa shape index (κ2) is 4.48. The summed E-state index contributed by atoms with van der Waals surface area (Å²) in [6.45, 7) is 5.14. The minimum absolute atomic E-state index is 0.00610. The van der Waals surface area contributed by atoms with Gasteiger partial charge in [-0.3, -0.25) is 0 Å². The maximum Gasteiger partial charge on any atom is 0.0573 e. The Bertz CT molecular complexity index is 391. The number of aliphatic hydroxyl groups is 1. The van der Waals surface area contributed by atoms with Crippen LogP contribution in [0.3, 0.4) is 0 Å². The molecule has 0 heterocycles. The molecule has 1 nitrogen and oxygen atoms in total. The largest absolute Gasteiger partial charge is 0.393 e. The molecule has 4 fully saturated rings. The quantitative estimate of drug-likeness (QED) is 0.675. The molecule has 0 aromatic heterocycles. The molecule has 4 saturated carbocycles. The van der Waals surface area contributed by atoms with Crippen molar-refractivity contribution in [1.29, 1.82) is 0 Å². The lowest BCUT2D eigenvalue weighted by molar-refractivity contribution is -0.139. The Hall–Kier alpha value is -0.0400. The smallest absolute Gasteiger partial charge is 0.0573 e. The van der Waals surface area contributed by atoms with Crippen molar-refractivity contribution in [3.05, 3.63) is 0 Å². The topological polar surface area (TPSA) is 20.2 Å². The van der Waals surface area contributed by atoms with Gasteiger partial charge in [-0.15, -0.1) is 0 Å². The van der Waals surface area contributed by atoms with Crippen LogP contribution in [-0.4, -0.2) is 11.2 Å². The van der Waals surface area contributed by atoms with Gasteiger partial charge in [-0.2, -0.15) is 0 Å². The van der Waals surface area contributed by atoms with Gasteiger partial charge in [-0.05, 0) is 85.9 Å². The van der Waals surface area contributed by atoms with Crippen molar-refractivity contribution in [3.8, 4) is 0 Å². The highest BCUT2D eigenvalue weighted by Crippen LogP contribution is 2.66. The van der Waals surface area contributed by atoms with Crippen LogP contribution >= 0.6 is 0 Å². The van der Waals surface area contributed by atoms with Crippen molar-refractivity contribution in [2.75, 3.05) is 0 Å². The third kappa shape index (κ3) is 1.71. The van der Waals surface area contributed by atoms with Crippen LogP contribution in [-0.2, 0) is 0 Å². The third-order valence-corrected chi connectivity index (χ3v) is 8.40. The van der Waals surface area contributed by atoms with Crippen LogP contribution in [0.2, 0.25) is 0 Å². The van der Waals surface area contributed by atoms with E-state index in [0.717, 1.165) is 24.2 Å². The zero-order valence-electron chi connectivity index (χ0n) is 13.4. The number of aliphatic hydroxyl groups excluding tert-OH is 1. The first kappa shape index (κ1) is 13.6. The Morgan fingerprint density at radius 2 is 1.55 bits per heavy atom. The second-order valence-electron chi connectivity index (χ2n) is 9.11. The van der Waals surface area contributed by atoms with E-state index in [1.165, 1.54) is 57.8 Å². The highest BCUT2D eigenvalue weighted by atomic mass is 16.3. The van der Waals surface area contributed by atoms with E-state index in [1.807, 2.05) is 0 Å². The van der Waals surface area contributed by atoms with Gasteiger partial charge in [-0.25, -0.2) is 0 Å². The molecule has 0 aromatic rings. The summed E-state index contributed by atoms with van der Waals surface area (Å²) >= 11 is 0. The molecule has 7 atom stereocenters. The Morgan fingerprint density at radius 3 is 2.40 bits per heavy atom. The number of hydrogen-bond donors (Lipinski definition) is 1. The standard InChI is InChI=1S/C19H32O/c1-18-10-3-5-14(18)13-7-8-16-17(20)6-4-11-19(16,2)15(13)9-12-18/h13-17,20H,3-12H2,1-2H3/t13-,14-,15-,16-,17+,18-,19+/m0/s1. The van der Waals surface area contributed by atoms with E-state index in [-0.39, 0.29) is 6.10 Å². The van der Waals surface area contributed by atoms with Gasteiger partial charge >= 0.3 is 0 Å². The highest BCUT2D eigenvalue weighted by Gasteiger charge is 2.58. The molecule has 0 bridgehead atoms. The van der Waals surface area contributed by atoms with Crippen LogP contribution in [0.15, 0.2) is 0 Å². The fourth-order valence-electron chi connectivity index (χ4n) is 7.37. The minimum Gasteiger partial charge on any atom is -0.393 e. The van der Waals surface area contributed by atoms with Crippen LogP contribution in [0.25, 0.3) is 0 Å². The van der Waals surface area contributed by atoms with Gasteiger partial charge in [0.2, 0.25) is 0 Å². The molecule has 0 radical (unpaired) electrons. The SMILES string of the molecule is C[C@@]12CCC[C@H]1[C@@H]1CC[C@H]3[C@H](O)CCC[C@]3(C)[C@H]1CC2. The molecule has 1 heteroatoms. The molecular formula is C19H32O. The van der Waals surface area contributed by atoms with Gasteiger partial charge in [0.15, 0.2) is 0 Å². The van der Waals surface area contributed by atoms with Gasteiger partial charge in [0.1, 0.15) is 0 Å². The Balaban J connectivity index is 1.65. The average Bonchev–Trinajstić information content (AvgIpc) is 2.80. The molecule has 0 aromatic carbocycles. The van der Waals surface area contributed by atoms with Gasteiger partial charge in [0.05, 0.1) is 6.10 Å². The lowest BCUT2D eigenvalue weighted by atomic mass is 9.45. The van der Waals surface area contributed by atoms with Crippen LogP contribution in [0.5, 0.6) is 0 Å². The van der Waals surface area contributed by atoms with Crippen molar-refractivity contribution in [1.82, 2.24) is 0 Å². The molecule has 4 rings (SSSR count). The van der Waals surface area contributed by atoms with E-state index >= 15 is 0 Å². The molecule has 0 unspecified atom stereocenters. The Kier molecular flexibility index (Phi) is 3.05. The normalized spacial score (nSPS) is 58.6. The molecule has 4 aliphatic carbocycles. The van der Waals surface area contributed by atoms with Gasteiger partial charge < -0.3 is 5.11 Å². The van der Waals surface area contributed by atoms with E-state index in [4.69, 9.17) is 0 Å². The fourth-order valence-corrected chi connectivity index (χ4v) is 7.37. The molecular weight excluding hydrogens is 244 g/mol. The molecule has 1 N–H and O–H groups in total. The fraction of sp³-hybridized carbons (Fsp3) is 1.00. The predicted molar refractivity (Wildman–Crippen MR) is 82.4 cm³/mol. The first-order valence-electron chi connectivity index (χ1n) is 9.23. The molecule has 0 aliphatic heterocycles. The van der Waals surface area contributed by atoms with Crippen molar-refractivity contribution < 1.29 is 5.11 Å². The number of rotatable bonds is 0. The summed E-state index contributed by atoms with van der Waals surface area (Å²) in [6.07, 6.45) is 13.9. The zero-order valence-corrected chi connectivity index (χ0v) is 13.4. The lowest BCUT2D eigenvalue weighted by Crippen LogP contribution is -2.54. The molecule has 114 valence electrons. The van der Waals surface area contributed by atoms with E-state index in [1.54, 1.807) is 0 Å².